The molecule has 1 heterocycles. The molecule has 0 bridgehead atoms. The number of alkyl halides is 1. The third-order valence-corrected chi connectivity index (χ3v) is 3.58. The zero-order valence-corrected chi connectivity index (χ0v) is 10.9. The van der Waals surface area contributed by atoms with E-state index < -0.39 is 0 Å². The molecule has 0 radical (unpaired) electrons. The van der Waals surface area contributed by atoms with Gasteiger partial charge in [-0.3, -0.25) is 0 Å². The summed E-state index contributed by atoms with van der Waals surface area (Å²) in [6.45, 7) is 0. The Morgan fingerprint density at radius 3 is 2.35 bits per heavy atom. The Morgan fingerprint density at radius 2 is 1.59 bits per heavy atom. The number of rotatable bonds is 2. The van der Waals surface area contributed by atoms with Crippen molar-refractivity contribution in [2.24, 2.45) is 0 Å². The Labute approximate surface area is 109 Å². The zero-order valence-electron chi connectivity index (χ0n) is 9.31. The van der Waals surface area contributed by atoms with Crippen LogP contribution < -0.4 is 0 Å². The van der Waals surface area contributed by atoms with Gasteiger partial charge in [0.2, 0.25) is 0 Å². The van der Waals surface area contributed by atoms with Crippen LogP contribution in [0, 0.1) is 0 Å². The van der Waals surface area contributed by atoms with Gasteiger partial charge >= 0.3 is 0 Å². The number of para-hydroxylation sites is 2. The standard InChI is InChI=1S/C15H12BrN/c16-10-12-11-17(13-6-2-1-3-7-13)15-9-5-4-8-14(12)15/h1-9,11H,10H2. The molecule has 1 nitrogen and oxygen atoms in total. The van der Waals surface area contributed by atoms with Crippen molar-refractivity contribution in [3.63, 3.8) is 0 Å². The molecule has 0 aliphatic heterocycles. The van der Waals surface area contributed by atoms with Crippen molar-refractivity contribution in [3.8, 4) is 5.69 Å². The van der Waals surface area contributed by atoms with E-state index in [2.05, 4.69) is 75.2 Å². The van der Waals surface area contributed by atoms with Crippen LogP contribution >= 0.6 is 15.9 Å². The molecule has 0 aliphatic rings. The fourth-order valence-electron chi connectivity index (χ4n) is 2.16. The Kier molecular flexibility index (Phi) is 2.73. The van der Waals surface area contributed by atoms with Crippen LogP contribution in [0.15, 0.2) is 60.8 Å². The summed E-state index contributed by atoms with van der Waals surface area (Å²) in [6, 6.07) is 18.9. The van der Waals surface area contributed by atoms with Crippen LogP contribution in [-0.2, 0) is 5.33 Å². The molecule has 0 saturated heterocycles. The lowest BCUT2D eigenvalue weighted by Crippen LogP contribution is -1.90. The van der Waals surface area contributed by atoms with Gasteiger partial charge in [-0.1, -0.05) is 52.3 Å². The predicted molar refractivity (Wildman–Crippen MR) is 75.9 cm³/mol. The Morgan fingerprint density at radius 1 is 0.882 bits per heavy atom. The molecule has 0 aliphatic carbocycles. The number of hydrogen-bond donors (Lipinski definition) is 0. The summed E-state index contributed by atoms with van der Waals surface area (Å²) in [5, 5.41) is 2.20. The Bertz CT molecular complexity index is 640. The van der Waals surface area contributed by atoms with Crippen LogP contribution in [0.5, 0.6) is 0 Å². The van der Waals surface area contributed by atoms with Crippen LogP contribution in [0.3, 0.4) is 0 Å². The van der Waals surface area contributed by atoms with E-state index in [1.165, 1.54) is 22.2 Å². The van der Waals surface area contributed by atoms with Gasteiger partial charge in [0.1, 0.15) is 0 Å². The molecule has 0 N–H and O–H groups in total. The molecule has 0 fully saturated rings. The lowest BCUT2D eigenvalue weighted by atomic mass is 10.2. The second-order valence-corrected chi connectivity index (χ2v) is 4.57. The van der Waals surface area contributed by atoms with Crippen molar-refractivity contribution in [1.29, 1.82) is 0 Å². The fraction of sp³-hybridized carbons (Fsp3) is 0.0667. The summed E-state index contributed by atoms with van der Waals surface area (Å²) in [6.07, 6.45) is 2.20. The van der Waals surface area contributed by atoms with E-state index in [4.69, 9.17) is 0 Å². The van der Waals surface area contributed by atoms with E-state index in [-0.39, 0.29) is 0 Å². The molecule has 0 amide bonds. The minimum absolute atomic E-state index is 0.882. The van der Waals surface area contributed by atoms with Crippen LogP contribution in [0.25, 0.3) is 16.6 Å². The first-order valence-corrected chi connectivity index (χ1v) is 6.72. The molecular weight excluding hydrogens is 274 g/mol. The highest BCUT2D eigenvalue weighted by Gasteiger charge is 2.07. The monoisotopic (exact) mass is 285 g/mol. The van der Waals surface area contributed by atoms with E-state index in [9.17, 15) is 0 Å². The molecule has 0 spiro atoms. The summed E-state index contributed by atoms with van der Waals surface area (Å²) >= 11 is 3.55. The maximum atomic E-state index is 3.55. The molecule has 0 unspecified atom stereocenters. The van der Waals surface area contributed by atoms with E-state index >= 15 is 0 Å². The third kappa shape index (κ3) is 1.79. The molecule has 2 aromatic carbocycles. The van der Waals surface area contributed by atoms with Crippen LogP contribution in [0.4, 0.5) is 0 Å². The van der Waals surface area contributed by atoms with E-state index in [1.54, 1.807) is 0 Å². The number of halogens is 1. The van der Waals surface area contributed by atoms with Gasteiger partial charge in [0.15, 0.2) is 0 Å². The van der Waals surface area contributed by atoms with Crippen molar-refractivity contribution >= 4 is 26.8 Å². The Balaban J connectivity index is 2.31. The minimum atomic E-state index is 0.882. The highest BCUT2D eigenvalue weighted by molar-refractivity contribution is 9.08. The van der Waals surface area contributed by atoms with Gasteiger partial charge in [-0.05, 0) is 23.8 Å². The largest absolute Gasteiger partial charge is 0.316 e. The van der Waals surface area contributed by atoms with Gasteiger partial charge < -0.3 is 4.57 Å². The number of benzene rings is 2. The molecule has 3 aromatic rings. The fourth-order valence-corrected chi connectivity index (χ4v) is 2.61. The highest BCUT2D eigenvalue weighted by atomic mass is 79.9. The molecule has 3 rings (SSSR count). The molecule has 17 heavy (non-hydrogen) atoms. The van der Waals surface area contributed by atoms with Crippen LogP contribution in [0.2, 0.25) is 0 Å². The predicted octanol–water partition coefficient (Wildman–Crippen LogP) is 4.53. The molecule has 2 heteroatoms. The number of fused-ring (bicyclic) bond motifs is 1. The summed E-state index contributed by atoms with van der Waals surface area (Å²) in [5.41, 5.74) is 3.79. The molecule has 84 valence electrons. The van der Waals surface area contributed by atoms with Gasteiger partial charge in [-0.2, -0.15) is 0 Å². The van der Waals surface area contributed by atoms with E-state index in [1.807, 2.05) is 6.07 Å². The summed E-state index contributed by atoms with van der Waals surface area (Å²) < 4.78 is 2.24. The maximum absolute atomic E-state index is 3.55. The van der Waals surface area contributed by atoms with Gasteiger partial charge in [0.05, 0.1) is 5.52 Å². The third-order valence-electron chi connectivity index (χ3n) is 2.97. The van der Waals surface area contributed by atoms with Gasteiger partial charge in [-0.15, -0.1) is 0 Å². The lowest BCUT2D eigenvalue weighted by molar-refractivity contribution is 1.12. The second kappa shape index (κ2) is 4.38. The zero-order chi connectivity index (χ0) is 11.7. The first kappa shape index (κ1) is 10.6. The maximum Gasteiger partial charge on any atom is 0.0531 e. The lowest BCUT2D eigenvalue weighted by Gasteiger charge is -2.04. The van der Waals surface area contributed by atoms with Crippen LogP contribution in [-0.4, -0.2) is 4.57 Å². The van der Waals surface area contributed by atoms with Crippen molar-refractivity contribution in [3.05, 3.63) is 66.4 Å². The van der Waals surface area contributed by atoms with Crippen molar-refractivity contribution in [2.75, 3.05) is 0 Å². The summed E-state index contributed by atoms with van der Waals surface area (Å²) in [4.78, 5) is 0. The normalized spacial score (nSPS) is 10.9. The van der Waals surface area contributed by atoms with E-state index in [0.29, 0.717) is 0 Å². The molecule has 0 atom stereocenters. The van der Waals surface area contributed by atoms with Gasteiger partial charge in [0, 0.05) is 22.6 Å². The van der Waals surface area contributed by atoms with Gasteiger partial charge in [-0.25, -0.2) is 0 Å². The first-order chi connectivity index (χ1) is 8.40. The number of hydrogen-bond acceptors (Lipinski definition) is 0. The van der Waals surface area contributed by atoms with Gasteiger partial charge in [0.25, 0.3) is 0 Å². The molecule has 1 aromatic heterocycles. The minimum Gasteiger partial charge on any atom is -0.316 e. The molecular formula is C15H12BrN. The quantitative estimate of drug-likeness (QED) is 0.610. The van der Waals surface area contributed by atoms with Crippen LogP contribution in [0.1, 0.15) is 5.56 Å². The Hall–Kier alpha value is -1.54. The smallest absolute Gasteiger partial charge is 0.0531 e. The molecule has 0 saturated carbocycles. The summed E-state index contributed by atoms with van der Waals surface area (Å²) in [5.74, 6) is 0. The van der Waals surface area contributed by atoms with Crippen molar-refractivity contribution in [2.45, 2.75) is 5.33 Å². The topological polar surface area (TPSA) is 4.93 Å². The average molecular weight is 286 g/mol. The van der Waals surface area contributed by atoms with Crippen molar-refractivity contribution in [1.82, 2.24) is 4.57 Å². The number of aromatic nitrogens is 1. The van der Waals surface area contributed by atoms with E-state index in [0.717, 1.165) is 5.33 Å². The second-order valence-electron chi connectivity index (χ2n) is 4.01. The first-order valence-electron chi connectivity index (χ1n) is 5.60. The SMILES string of the molecule is BrCc1cn(-c2ccccc2)c2ccccc12. The summed E-state index contributed by atoms with van der Waals surface area (Å²) in [7, 11) is 0. The van der Waals surface area contributed by atoms with Crippen molar-refractivity contribution < 1.29 is 0 Å². The number of nitrogens with zero attached hydrogens (tertiary/aromatic N) is 1. The highest BCUT2D eigenvalue weighted by Crippen LogP contribution is 2.26. The average Bonchev–Trinajstić information content (AvgIpc) is 2.78.